The number of hydrogen-bond donors (Lipinski definition) is 1. The van der Waals surface area contributed by atoms with E-state index in [-0.39, 0.29) is 5.41 Å². The van der Waals surface area contributed by atoms with Crippen molar-refractivity contribution in [3.63, 3.8) is 0 Å². The zero-order valence-electron chi connectivity index (χ0n) is 12.6. The minimum absolute atomic E-state index is 0.0735. The van der Waals surface area contributed by atoms with E-state index in [1.165, 1.54) is 23.4 Å². The fourth-order valence-corrected chi connectivity index (χ4v) is 3.41. The number of aryl methyl sites for hydroxylation is 1. The van der Waals surface area contributed by atoms with Gasteiger partial charge in [-0.1, -0.05) is 20.8 Å². The molecule has 1 N–H and O–H groups in total. The van der Waals surface area contributed by atoms with Gasteiger partial charge in [-0.2, -0.15) is 5.10 Å². The van der Waals surface area contributed by atoms with Crippen LogP contribution in [-0.2, 0) is 19.0 Å². The van der Waals surface area contributed by atoms with Crippen LogP contribution in [0.25, 0.3) is 10.7 Å². The molecule has 2 aromatic heterocycles. The van der Waals surface area contributed by atoms with Crippen molar-refractivity contribution in [1.29, 1.82) is 0 Å². The van der Waals surface area contributed by atoms with Crippen molar-refractivity contribution in [3.8, 4) is 10.7 Å². The molecule has 1 fully saturated rings. The van der Waals surface area contributed by atoms with Gasteiger partial charge >= 0.3 is 0 Å². The van der Waals surface area contributed by atoms with Crippen molar-refractivity contribution in [2.24, 2.45) is 7.05 Å². The van der Waals surface area contributed by atoms with Crippen LogP contribution >= 0.6 is 11.3 Å². The minimum Gasteiger partial charge on any atom is -0.309 e. The van der Waals surface area contributed by atoms with Gasteiger partial charge in [0, 0.05) is 36.1 Å². The molecular weight excluding hydrogens is 268 g/mol. The van der Waals surface area contributed by atoms with Crippen LogP contribution in [0.4, 0.5) is 0 Å². The quantitative estimate of drug-likeness (QED) is 0.941. The van der Waals surface area contributed by atoms with Gasteiger partial charge in [0.05, 0.1) is 5.69 Å². The summed E-state index contributed by atoms with van der Waals surface area (Å²) in [6.45, 7) is 7.61. The van der Waals surface area contributed by atoms with Crippen molar-refractivity contribution in [2.75, 3.05) is 0 Å². The maximum Gasteiger partial charge on any atom is 0.144 e. The summed E-state index contributed by atoms with van der Waals surface area (Å²) in [4.78, 5) is 6.22. The summed E-state index contributed by atoms with van der Waals surface area (Å²) < 4.78 is 1.83. The number of nitrogens with zero attached hydrogens (tertiary/aromatic N) is 3. The number of hydrogen-bond acceptors (Lipinski definition) is 4. The standard InChI is InChI=1S/C15H22N4S/c1-15(2,3)13-12(9-16-10-5-6-10)20-14(17-13)11-7-8-19(4)18-11/h7-8,10,16H,5-6,9H2,1-4H3. The molecule has 0 saturated heterocycles. The lowest BCUT2D eigenvalue weighted by atomic mass is 9.91. The Hall–Kier alpha value is -1.20. The monoisotopic (exact) mass is 290 g/mol. The van der Waals surface area contributed by atoms with E-state index >= 15 is 0 Å². The Balaban J connectivity index is 1.91. The number of thiazole rings is 1. The fourth-order valence-electron chi connectivity index (χ4n) is 2.22. The Morgan fingerprint density at radius 3 is 2.70 bits per heavy atom. The molecule has 0 unspecified atom stereocenters. The molecule has 0 amide bonds. The molecule has 2 heterocycles. The largest absolute Gasteiger partial charge is 0.309 e. The van der Waals surface area contributed by atoms with E-state index in [0.717, 1.165) is 23.3 Å². The molecule has 0 aliphatic heterocycles. The van der Waals surface area contributed by atoms with Gasteiger partial charge in [-0.05, 0) is 18.9 Å². The molecular formula is C15H22N4S. The van der Waals surface area contributed by atoms with Gasteiger partial charge in [0.1, 0.15) is 10.7 Å². The molecule has 0 atom stereocenters. The Bertz CT molecular complexity index is 602. The van der Waals surface area contributed by atoms with Crippen LogP contribution in [0.1, 0.15) is 44.2 Å². The van der Waals surface area contributed by atoms with Crippen molar-refractivity contribution < 1.29 is 0 Å². The molecule has 0 aromatic carbocycles. The average molecular weight is 290 g/mol. The van der Waals surface area contributed by atoms with Gasteiger partial charge in [-0.25, -0.2) is 4.98 Å². The van der Waals surface area contributed by atoms with Crippen LogP contribution in [0.2, 0.25) is 0 Å². The smallest absolute Gasteiger partial charge is 0.144 e. The lowest BCUT2D eigenvalue weighted by Gasteiger charge is -2.17. The van der Waals surface area contributed by atoms with E-state index in [0.29, 0.717) is 0 Å². The van der Waals surface area contributed by atoms with Crippen molar-refractivity contribution >= 4 is 11.3 Å². The zero-order valence-corrected chi connectivity index (χ0v) is 13.4. The fraction of sp³-hybridized carbons (Fsp3) is 0.600. The first-order valence-corrected chi connectivity index (χ1v) is 7.99. The molecule has 108 valence electrons. The molecule has 3 rings (SSSR count). The summed E-state index contributed by atoms with van der Waals surface area (Å²) in [6.07, 6.45) is 4.60. The van der Waals surface area contributed by atoms with Crippen LogP contribution in [-0.4, -0.2) is 20.8 Å². The second-order valence-corrected chi connectivity index (χ2v) is 7.65. The molecule has 0 radical (unpaired) electrons. The summed E-state index contributed by atoms with van der Waals surface area (Å²) in [5, 5.41) is 9.10. The second kappa shape index (κ2) is 4.97. The predicted molar refractivity (Wildman–Crippen MR) is 82.9 cm³/mol. The average Bonchev–Trinajstić information content (AvgIpc) is 2.91. The number of aromatic nitrogens is 3. The van der Waals surface area contributed by atoms with Crippen molar-refractivity contribution in [3.05, 3.63) is 22.8 Å². The van der Waals surface area contributed by atoms with E-state index in [1.807, 2.05) is 24.0 Å². The van der Waals surface area contributed by atoms with Crippen molar-refractivity contribution in [1.82, 2.24) is 20.1 Å². The summed E-state index contributed by atoms with van der Waals surface area (Å²) in [7, 11) is 1.94. The van der Waals surface area contributed by atoms with Crippen LogP contribution in [0.3, 0.4) is 0 Å². The first-order valence-electron chi connectivity index (χ1n) is 7.17. The van der Waals surface area contributed by atoms with Gasteiger partial charge in [0.15, 0.2) is 0 Å². The van der Waals surface area contributed by atoms with E-state index in [4.69, 9.17) is 4.98 Å². The second-order valence-electron chi connectivity index (χ2n) is 6.57. The highest BCUT2D eigenvalue weighted by atomic mass is 32.1. The highest BCUT2D eigenvalue weighted by molar-refractivity contribution is 7.15. The summed E-state index contributed by atoms with van der Waals surface area (Å²) in [5.41, 5.74) is 2.25. The summed E-state index contributed by atoms with van der Waals surface area (Å²) >= 11 is 1.77. The lowest BCUT2D eigenvalue weighted by Crippen LogP contribution is -2.19. The maximum atomic E-state index is 4.87. The third-order valence-electron chi connectivity index (χ3n) is 3.47. The molecule has 5 heteroatoms. The van der Waals surface area contributed by atoms with Crippen LogP contribution < -0.4 is 5.32 Å². The van der Waals surface area contributed by atoms with Crippen LogP contribution in [0, 0.1) is 0 Å². The van der Waals surface area contributed by atoms with Gasteiger partial charge in [0.2, 0.25) is 0 Å². The number of nitrogens with one attached hydrogen (secondary N) is 1. The third kappa shape index (κ3) is 2.94. The molecule has 4 nitrogen and oxygen atoms in total. The molecule has 1 aliphatic rings. The van der Waals surface area contributed by atoms with E-state index in [2.05, 4.69) is 31.2 Å². The molecule has 2 aromatic rings. The highest BCUT2D eigenvalue weighted by Crippen LogP contribution is 2.34. The molecule has 20 heavy (non-hydrogen) atoms. The molecule has 0 spiro atoms. The Morgan fingerprint density at radius 2 is 2.15 bits per heavy atom. The van der Waals surface area contributed by atoms with Gasteiger partial charge in [-0.15, -0.1) is 11.3 Å². The molecule has 1 aliphatic carbocycles. The van der Waals surface area contributed by atoms with E-state index in [1.54, 1.807) is 11.3 Å². The predicted octanol–water partition coefficient (Wildman–Crippen LogP) is 3.09. The SMILES string of the molecule is Cn1ccc(-c2nc(C(C)(C)C)c(CNC3CC3)s2)n1. The summed E-state index contributed by atoms with van der Waals surface area (Å²) in [6, 6.07) is 2.76. The van der Waals surface area contributed by atoms with E-state index < -0.39 is 0 Å². The highest BCUT2D eigenvalue weighted by Gasteiger charge is 2.26. The molecule has 0 bridgehead atoms. The lowest BCUT2D eigenvalue weighted by molar-refractivity contribution is 0.559. The van der Waals surface area contributed by atoms with Crippen molar-refractivity contribution in [2.45, 2.75) is 51.6 Å². The molecule has 1 saturated carbocycles. The number of rotatable bonds is 4. The maximum absolute atomic E-state index is 4.87. The Labute approximate surface area is 124 Å². The Kier molecular flexibility index (Phi) is 3.42. The van der Waals surface area contributed by atoms with Gasteiger partial charge < -0.3 is 5.32 Å². The van der Waals surface area contributed by atoms with E-state index in [9.17, 15) is 0 Å². The minimum atomic E-state index is 0.0735. The van der Waals surface area contributed by atoms with Gasteiger partial charge in [0.25, 0.3) is 0 Å². The first kappa shape index (κ1) is 13.8. The first-order chi connectivity index (χ1) is 9.43. The van der Waals surface area contributed by atoms with Crippen LogP contribution in [0.5, 0.6) is 0 Å². The third-order valence-corrected chi connectivity index (χ3v) is 4.55. The van der Waals surface area contributed by atoms with Crippen LogP contribution in [0.15, 0.2) is 12.3 Å². The normalized spacial score (nSPS) is 15.8. The zero-order chi connectivity index (χ0) is 14.3. The topological polar surface area (TPSA) is 42.7 Å². The Morgan fingerprint density at radius 1 is 1.40 bits per heavy atom. The van der Waals surface area contributed by atoms with Gasteiger partial charge in [-0.3, -0.25) is 4.68 Å². The summed E-state index contributed by atoms with van der Waals surface area (Å²) in [5.74, 6) is 0.